The minimum Gasteiger partial charge on any atom is -0.480 e. The van der Waals surface area contributed by atoms with Crippen LogP contribution >= 0.6 is 0 Å². The van der Waals surface area contributed by atoms with Gasteiger partial charge in [-0.25, -0.2) is 4.79 Å². The number of hydrogen-bond donors (Lipinski definition) is 8. The predicted octanol–water partition coefficient (Wildman–Crippen LogP) is -1.51. The van der Waals surface area contributed by atoms with E-state index in [0.29, 0.717) is 6.42 Å². The molecule has 10 N–H and O–H groups in total. The van der Waals surface area contributed by atoms with E-state index in [2.05, 4.69) is 20.9 Å². The van der Waals surface area contributed by atoms with Crippen LogP contribution in [0.5, 0.6) is 0 Å². The van der Waals surface area contributed by atoms with Crippen LogP contribution in [0.4, 0.5) is 0 Å². The topological polar surface area (TPSA) is 230 Å². The fourth-order valence-electron chi connectivity index (χ4n) is 3.72. The fraction of sp³-hybridized carbons (Fsp3) is 0.458. The number of carbonyl (C=O) groups excluding carboxylic acids is 4. The maximum absolute atomic E-state index is 12.9. The maximum atomic E-state index is 12.9. The number of carboxylic acids is 1. The summed E-state index contributed by atoms with van der Waals surface area (Å²) >= 11 is 0. The second-order valence-corrected chi connectivity index (χ2v) is 8.86. The summed E-state index contributed by atoms with van der Waals surface area (Å²) in [6.45, 7) is 2.63. The number of H-pyrrole nitrogens is 1. The van der Waals surface area contributed by atoms with E-state index in [1.54, 1.807) is 20.0 Å². The van der Waals surface area contributed by atoms with Gasteiger partial charge in [0.25, 0.3) is 0 Å². The zero-order chi connectivity index (χ0) is 27.7. The molecule has 0 radical (unpaired) electrons. The average molecular weight is 519 g/mol. The second-order valence-electron chi connectivity index (χ2n) is 8.86. The molecule has 13 heteroatoms. The molecule has 0 aliphatic heterocycles. The van der Waals surface area contributed by atoms with Gasteiger partial charge in [-0.15, -0.1) is 0 Å². The zero-order valence-corrected chi connectivity index (χ0v) is 20.7. The van der Waals surface area contributed by atoms with Crippen LogP contribution in [-0.4, -0.2) is 75.6 Å². The van der Waals surface area contributed by atoms with E-state index in [-0.39, 0.29) is 6.42 Å². The molecule has 2 aromatic rings. The van der Waals surface area contributed by atoms with Crippen LogP contribution in [0.2, 0.25) is 0 Å². The molecule has 37 heavy (non-hydrogen) atoms. The van der Waals surface area contributed by atoms with Crippen molar-refractivity contribution in [2.45, 2.75) is 57.3 Å². The smallest absolute Gasteiger partial charge is 0.326 e. The Morgan fingerprint density at radius 2 is 1.65 bits per heavy atom. The van der Waals surface area contributed by atoms with Crippen LogP contribution in [0.15, 0.2) is 30.5 Å². The molecule has 1 aromatic heterocycles. The van der Waals surface area contributed by atoms with Gasteiger partial charge < -0.3 is 42.6 Å². The van der Waals surface area contributed by atoms with Crippen molar-refractivity contribution in [1.29, 1.82) is 0 Å². The van der Waals surface area contributed by atoms with Gasteiger partial charge in [0, 0.05) is 17.1 Å². The van der Waals surface area contributed by atoms with Crippen molar-refractivity contribution in [3.63, 3.8) is 0 Å². The number of para-hydroxylation sites is 1. The minimum absolute atomic E-state index is 0.171. The van der Waals surface area contributed by atoms with E-state index >= 15 is 0 Å². The number of aliphatic hydroxyl groups excluding tert-OH is 1. The summed E-state index contributed by atoms with van der Waals surface area (Å²) in [5, 5.41) is 26.9. The van der Waals surface area contributed by atoms with Crippen LogP contribution in [-0.2, 0) is 30.4 Å². The summed E-state index contributed by atoms with van der Waals surface area (Å²) < 4.78 is 0. The molecule has 0 saturated carbocycles. The maximum Gasteiger partial charge on any atom is 0.326 e. The molecular formula is C24H34N6O7. The van der Waals surface area contributed by atoms with Crippen molar-refractivity contribution >= 4 is 40.5 Å². The highest BCUT2D eigenvalue weighted by Crippen LogP contribution is 2.18. The number of nitrogens with one attached hydrogen (secondary N) is 4. The number of fused-ring (bicyclic) bond motifs is 1. The van der Waals surface area contributed by atoms with Gasteiger partial charge in [-0.2, -0.15) is 0 Å². The number of aliphatic hydroxyl groups is 1. The van der Waals surface area contributed by atoms with Crippen molar-refractivity contribution in [2.75, 3.05) is 6.61 Å². The molecule has 0 fully saturated rings. The zero-order valence-electron chi connectivity index (χ0n) is 20.7. The first-order valence-electron chi connectivity index (χ1n) is 11.8. The predicted molar refractivity (Wildman–Crippen MR) is 134 cm³/mol. The van der Waals surface area contributed by atoms with Crippen molar-refractivity contribution < 1.29 is 34.2 Å². The van der Waals surface area contributed by atoms with E-state index in [1.165, 1.54) is 0 Å². The van der Waals surface area contributed by atoms with Gasteiger partial charge >= 0.3 is 5.97 Å². The second kappa shape index (κ2) is 13.4. The molecule has 0 saturated heterocycles. The third kappa shape index (κ3) is 8.02. The van der Waals surface area contributed by atoms with Crippen molar-refractivity contribution in [2.24, 2.45) is 17.4 Å². The number of rotatable bonds is 14. The number of amides is 4. The van der Waals surface area contributed by atoms with Gasteiger partial charge in [0.05, 0.1) is 19.1 Å². The monoisotopic (exact) mass is 518 g/mol. The van der Waals surface area contributed by atoms with Gasteiger partial charge in [-0.05, 0) is 24.0 Å². The van der Waals surface area contributed by atoms with E-state index in [9.17, 15) is 34.2 Å². The summed E-state index contributed by atoms with van der Waals surface area (Å²) in [5.74, 6) is -5.25. The summed E-state index contributed by atoms with van der Waals surface area (Å²) in [4.78, 5) is 63.9. The summed E-state index contributed by atoms with van der Waals surface area (Å²) in [6, 6.07) is 2.25. The number of aromatic amines is 1. The molecule has 13 nitrogen and oxygen atoms in total. The Balaban J connectivity index is 2.06. The average Bonchev–Trinajstić information content (AvgIpc) is 3.26. The van der Waals surface area contributed by atoms with Crippen LogP contribution in [0, 0.1) is 5.92 Å². The van der Waals surface area contributed by atoms with Gasteiger partial charge in [-0.1, -0.05) is 38.5 Å². The molecule has 0 spiro atoms. The number of primary amides is 1. The number of carbonyl (C=O) groups is 5. The SMILES string of the molecule is CCC(C)C(NC(=O)C(CO)NC(=O)C(N)Cc1c[nH]c2ccccc12)C(=O)NC(CC(N)=O)C(=O)O. The molecule has 4 amide bonds. The Kier molecular flexibility index (Phi) is 10.6. The molecule has 1 aromatic carbocycles. The molecule has 202 valence electrons. The number of carboxylic acid groups (broad SMARTS) is 1. The third-order valence-corrected chi connectivity index (χ3v) is 6.08. The number of nitrogens with two attached hydrogens (primary N) is 2. The molecule has 5 atom stereocenters. The van der Waals surface area contributed by atoms with Crippen molar-refractivity contribution in [1.82, 2.24) is 20.9 Å². The highest BCUT2D eigenvalue weighted by Gasteiger charge is 2.33. The molecule has 0 aliphatic carbocycles. The fourth-order valence-corrected chi connectivity index (χ4v) is 3.72. The first kappa shape index (κ1) is 29.3. The Morgan fingerprint density at radius 1 is 1.00 bits per heavy atom. The van der Waals surface area contributed by atoms with E-state index in [0.717, 1.165) is 16.5 Å². The molecule has 2 rings (SSSR count). The van der Waals surface area contributed by atoms with Crippen LogP contribution in [0.1, 0.15) is 32.3 Å². The quantitative estimate of drug-likeness (QED) is 0.146. The van der Waals surface area contributed by atoms with Crippen LogP contribution in [0.25, 0.3) is 10.9 Å². The summed E-state index contributed by atoms with van der Waals surface area (Å²) in [5.41, 5.74) is 12.8. The van der Waals surface area contributed by atoms with Gasteiger partial charge in [0.1, 0.15) is 18.1 Å². The standard InChI is InChI=1S/C24H34N6O7/c1-3-12(2)20(23(35)28-17(24(36)37)9-19(26)32)30-22(34)18(11-31)29-21(33)15(25)8-13-10-27-16-7-5-4-6-14(13)16/h4-7,10,12,15,17-18,20,27,31H,3,8-9,11,25H2,1-2H3,(H2,26,32)(H,28,35)(H,29,33)(H,30,34)(H,36,37). The van der Waals surface area contributed by atoms with E-state index in [1.807, 2.05) is 24.3 Å². The van der Waals surface area contributed by atoms with E-state index < -0.39 is 72.7 Å². The molecule has 1 heterocycles. The number of benzene rings is 1. The number of aliphatic carboxylic acids is 1. The highest BCUT2D eigenvalue weighted by molar-refractivity contribution is 5.95. The lowest BCUT2D eigenvalue weighted by Crippen LogP contribution is -2.59. The highest BCUT2D eigenvalue weighted by atomic mass is 16.4. The Labute approximate surface area is 213 Å². The third-order valence-electron chi connectivity index (χ3n) is 6.08. The van der Waals surface area contributed by atoms with Crippen LogP contribution < -0.4 is 27.4 Å². The first-order valence-corrected chi connectivity index (χ1v) is 11.8. The molecule has 0 bridgehead atoms. The summed E-state index contributed by atoms with van der Waals surface area (Å²) in [7, 11) is 0. The largest absolute Gasteiger partial charge is 0.480 e. The van der Waals surface area contributed by atoms with Crippen LogP contribution in [0.3, 0.4) is 0 Å². The summed E-state index contributed by atoms with van der Waals surface area (Å²) in [6.07, 6.45) is 1.71. The lowest BCUT2D eigenvalue weighted by molar-refractivity contribution is -0.144. The van der Waals surface area contributed by atoms with Gasteiger partial charge in [0.2, 0.25) is 23.6 Å². The van der Waals surface area contributed by atoms with E-state index in [4.69, 9.17) is 11.5 Å². The molecule has 0 aliphatic rings. The lowest BCUT2D eigenvalue weighted by Gasteiger charge is -2.27. The molecular weight excluding hydrogens is 484 g/mol. The first-order chi connectivity index (χ1) is 17.5. The number of hydrogen-bond acceptors (Lipinski definition) is 7. The number of aromatic nitrogens is 1. The Morgan fingerprint density at radius 3 is 2.24 bits per heavy atom. The molecule has 5 unspecified atom stereocenters. The Bertz CT molecular complexity index is 1130. The lowest BCUT2D eigenvalue weighted by atomic mass is 9.97. The van der Waals surface area contributed by atoms with Gasteiger partial charge in [0.15, 0.2) is 0 Å². The van der Waals surface area contributed by atoms with Gasteiger partial charge in [-0.3, -0.25) is 19.2 Å². The van der Waals surface area contributed by atoms with Crippen molar-refractivity contribution in [3.05, 3.63) is 36.0 Å². The minimum atomic E-state index is -1.58. The Hall–Kier alpha value is -3.97. The van der Waals surface area contributed by atoms with Crippen molar-refractivity contribution in [3.8, 4) is 0 Å². The normalized spacial score (nSPS) is 15.1.